The minimum atomic E-state index is -4.07. The molecule has 2 heterocycles. The van der Waals surface area contributed by atoms with E-state index in [0.29, 0.717) is 11.3 Å². The van der Waals surface area contributed by atoms with E-state index >= 15 is 0 Å². The van der Waals surface area contributed by atoms with Crippen molar-refractivity contribution in [3.63, 3.8) is 0 Å². The van der Waals surface area contributed by atoms with Gasteiger partial charge < -0.3 is 20.5 Å². The number of nitrogens with zero attached hydrogens (tertiary/aromatic N) is 5. The summed E-state index contributed by atoms with van der Waals surface area (Å²) in [5.74, 6) is -1.24. The Morgan fingerprint density at radius 1 is 1.14 bits per heavy atom. The average Bonchev–Trinajstić information content (AvgIpc) is 3.59. The molecule has 0 spiro atoms. The molecule has 5 rings (SSSR count). The van der Waals surface area contributed by atoms with Crippen LogP contribution in [0.4, 0.5) is 4.79 Å². The SMILES string of the molecule is Cc1nc(CN2C(=O)CN([C@H](C(=O)N[C@@H](Cc3ccccc3)[C@@H](O)CN(CC3CCC3)S(=O)(=O)c3ccc(C=NO)cc3)C(C)C)C2=O)cs1. The van der Waals surface area contributed by atoms with Gasteiger partial charge in [0.15, 0.2) is 0 Å². The van der Waals surface area contributed by atoms with Crippen LogP contribution < -0.4 is 5.32 Å². The molecule has 1 aliphatic heterocycles. The van der Waals surface area contributed by atoms with Crippen molar-refractivity contribution in [2.24, 2.45) is 17.0 Å². The summed E-state index contributed by atoms with van der Waals surface area (Å²) < 4.78 is 29.2. The first-order valence-electron chi connectivity index (χ1n) is 16.7. The molecular weight excluding hydrogens is 681 g/mol. The van der Waals surface area contributed by atoms with Gasteiger partial charge >= 0.3 is 6.03 Å². The summed E-state index contributed by atoms with van der Waals surface area (Å²) in [6.45, 7) is 5.04. The smallest absolute Gasteiger partial charge is 0.328 e. The molecule has 1 aromatic heterocycles. The molecule has 0 unspecified atom stereocenters. The maximum absolute atomic E-state index is 14.1. The number of aryl methyl sites for hydroxylation is 1. The van der Waals surface area contributed by atoms with E-state index in [1.807, 2.05) is 37.3 Å². The number of oxime groups is 1. The molecule has 50 heavy (non-hydrogen) atoms. The highest BCUT2D eigenvalue weighted by molar-refractivity contribution is 7.89. The van der Waals surface area contributed by atoms with Crippen LogP contribution in [0, 0.1) is 18.8 Å². The predicted molar refractivity (Wildman–Crippen MR) is 188 cm³/mol. The number of aliphatic hydroxyl groups excluding tert-OH is 1. The average molecular weight is 725 g/mol. The van der Waals surface area contributed by atoms with Crippen molar-refractivity contribution in [1.29, 1.82) is 0 Å². The fraction of sp³-hybridized carbons (Fsp3) is 0.457. The largest absolute Gasteiger partial charge is 0.411 e. The van der Waals surface area contributed by atoms with Crippen LogP contribution in [-0.4, -0.2) is 99.7 Å². The van der Waals surface area contributed by atoms with Gasteiger partial charge in [-0.15, -0.1) is 11.3 Å². The highest BCUT2D eigenvalue weighted by atomic mass is 32.2. The Balaban J connectivity index is 1.38. The molecule has 3 atom stereocenters. The molecule has 2 fully saturated rings. The fourth-order valence-electron chi connectivity index (χ4n) is 6.31. The molecular formula is C35H44N6O7S2. The zero-order valence-corrected chi connectivity index (χ0v) is 30.0. The lowest BCUT2D eigenvalue weighted by atomic mass is 9.85. The minimum absolute atomic E-state index is 0.00331. The molecule has 3 N–H and O–H groups in total. The Hall–Kier alpha value is -4.18. The van der Waals surface area contributed by atoms with Gasteiger partial charge in [-0.2, -0.15) is 4.31 Å². The zero-order valence-electron chi connectivity index (χ0n) is 28.4. The summed E-state index contributed by atoms with van der Waals surface area (Å²) in [4.78, 5) is 47.4. The molecule has 1 saturated heterocycles. The zero-order chi connectivity index (χ0) is 36.0. The Kier molecular flexibility index (Phi) is 12.0. The van der Waals surface area contributed by atoms with E-state index in [4.69, 9.17) is 5.21 Å². The second kappa shape index (κ2) is 16.2. The quantitative estimate of drug-likeness (QED) is 0.0870. The highest BCUT2D eigenvalue weighted by Crippen LogP contribution is 2.30. The van der Waals surface area contributed by atoms with Gasteiger partial charge in [0.25, 0.3) is 5.91 Å². The van der Waals surface area contributed by atoms with Crippen LogP contribution in [0.15, 0.2) is 70.0 Å². The number of urea groups is 1. The molecule has 4 amide bonds. The lowest BCUT2D eigenvalue weighted by Crippen LogP contribution is -2.57. The summed E-state index contributed by atoms with van der Waals surface area (Å²) in [5, 5.41) is 29.2. The summed E-state index contributed by atoms with van der Waals surface area (Å²) in [7, 11) is -4.07. The molecule has 0 radical (unpaired) electrons. The van der Waals surface area contributed by atoms with Gasteiger partial charge in [-0.25, -0.2) is 18.2 Å². The molecule has 268 valence electrons. The molecule has 2 aliphatic rings. The third kappa shape index (κ3) is 8.75. The molecule has 1 aliphatic carbocycles. The van der Waals surface area contributed by atoms with E-state index in [1.165, 1.54) is 51.0 Å². The third-order valence-electron chi connectivity index (χ3n) is 9.20. The van der Waals surface area contributed by atoms with Crippen molar-refractivity contribution < 1.29 is 33.1 Å². The lowest BCUT2D eigenvalue weighted by molar-refractivity contribution is -0.129. The Labute approximate surface area is 296 Å². The van der Waals surface area contributed by atoms with Crippen molar-refractivity contribution in [3.05, 3.63) is 81.8 Å². The van der Waals surface area contributed by atoms with Crippen molar-refractivity contribution in [2.45, 2.75) is 76.1 Å². The molecule has 15 heteroatoms. The molecule has 2 aromatic carbocycles. The number of carbonyl (C=O) groups is 3. The van der Waals surface area contributed by atoms with Crippen molar-refractivity contribution >= 4 is 45.4 Å². The van der Waals surface area contributed by atoms with Gasteiger partial charge in [-0.3, -0.25) is 14.5 Å². The molecule has 3 aromatic rings. The van der Waals surface area contributed by atoms with Crippen molar-refractivity contribution in [1.82, 2.24) is 24.4 Å². The number of aromatic nitrogens is 1. The Morgan fingerprint density at radius 2 is 1.84 bits per heavy atom. The van der Waals surface area contributed by atoms with E-state index in [-0.39, 0.29) is 43.4 Å². The number of hydrogen-bond acceptors (Lipinski definition) is 10. The van der Waals surface area contributed by atoms with Gasteiger partial charge in [0.2, 0.25) is 15.9 Å². The van der Waals surface area contributed by atoms with E-state index in [1.54, 1.807) is 19.2 Å². The predicted octanol–water partition coefficient (Wildman–Crippen LogP) is 3.63. The lowest BCUT2D eigenvalue weighted by Gasteiger charge is -2.36. The number of hydrogen-bond donors (Lipinski definition) is 3. The monoisotopic (exact) mass is 724 g/mol. The van der Waals surface area contributed by atoms with Crippen molar-refractivity contribution in [3.8, 4) is 0 Å². The number of amides is 4. The van der Waals surface area contributed by atoms with E-state index in [0.717, 1.165) is 34.7 Å². The first-order valence-corrected chi connectivity index (χ1v) is 19.0. The third-order valence-corrected chi connectivity index (χ3v) is 11.9. The summed E-state index contributed by atoms with van der Waals surface area (Å²) in [5.41, 5.74) is 1.91. The van der Waals surface area contributed by atoms with Crippen LogP contribution in [-0.2, 0) is 32.6 Å². The maximum atomic E-state index is 14.1. The van der Waals surface area contributed by atoms with Gasteiger partial charge in [-0.1, -0.05) is 67.9 Å². The van der Waals surface area contributed by atoms with E-state index in [2.05, 4.69) is 15.5 Å². The number of carbonyl (C=O) groups excluding carboxylic acids is 3. The number of benzene rings is 2. The molecule has 1 saturated carbocycles. The number of aliphatic hydroxyl groups is 1. The summed E-state index contributed by atoms with van der Waals surface area (Å²) >= 11 is 1.42. The van der Waals surface area contributed by atoms with Crippen LogP contribution in [0.1, 0.15) is 54.9 Å². The van der Waals surface area contributed by atoms with Gasteiger partial charge in [0.05, 0.1) is 40.5 Å². The topological polar surface area (TPSA) is 173 Å². The number of thiazole rings is 1. The first kappa shape index (κ1) is 37.1. The van der Waals surface area contributed by atoms with E-state index in [9.17, 15) is 27.9 Å². The van der Waals surface area contributed by atoms with E-state index < -0.39 is 52.0 Å². The normalized spacial score (nSPS) is 17.5. The number of imide groups is 1. The second-order valence-corrected chi connectivity index (χ2v) is 16.2. The van der Waals surface area contributed by atoms with Crippen LogP contribution in [0.3, 0.4) is 0 Å². The Bertz CT molecular complexity index is 1780. The first-order chi connectivity index (χ1) is 23.9. The van der Waals surface area contributed by atoms with Crippen LogP contribution in [0.2, 0.25) is 0 Å². The molecule has 13 nitrogen and oxygen atoms in total. The van der Waals surface area contributed by atoms with Crippen LogP contribution in [0.25, 0.3) is 0 Å². The van der Waals surface area contributed by atoms with Gasteiger partial charge in [0, 0.05) is 18.5 Å². The Morgan fingerprint density at radius 3 is 2.42 bits per heavy atom. The summed E-state index contributed by atoms with van der Waals surface area (Å²) in [6, 6.07) is 12.6. The van der Waals surface area contributed by atoms with Crippen molar-refractivity contribution in [2.75, 3.05) is 19.6 Å². The van der Waals surface area contributed by atoms with Gasteiger partial charge in [0.1, 0.15) is 12.6 Å². The molecule has 0 bridgehead atoms. The second-order valence-electron chi connectivity index (χ2n) is 13.2. The summed E-state index contributed by atoms with van der Waals surface area (Å²) in [6.07, 6.45) is 2.79. The maximum Gasteiger partial charge on any atom is 0.328 e. The standard InChI is InChI=1S/C35H44N6O7S2/c1-23(2)33(41-21-32(43)40(35(41)45)19-28-22-49-24(3)37-28)34(44)38-30(16-25-8-5-4-6-9-25)31(42)20-39(18-27-10-7-11-27)50(47,48)29-14-12-26(13-15-29)17-36-46/h4-6,8-9,12-15,17,22-23,27,30-31,33,42,46H,7,10-11,16,18-21H2,1-3H3,(H,38,44)/t30-,31-,33-/m0/s1. The van der Waals surface area contributed by atoms with Crippen LogP contribution >= 0.6 is 11.3 Å². The number of rotatable bonds is 16. The highest BCUT2D eigenvalue weighted by Gasteiger charge is 2.44. The van der Waals surface area contributed by atoms with Crippen LogP contribution in [0.5, 0.6) is 0 Å². The fourth-order valence-corrected chi connectivity index (χ4v) is 8.45. The number of nitrogens with one attached hydrogen (secondary N) is 1. The van der Waals surface area contributed by atoms with Gasteiger partial charge in [-0.05, 0) is 61.3 Å². The minimum Gasteiger partial charge on any atom is -0.411 e. The number of sulfonamides is 1.